The number of ether oxygens (including phenoxy) is 2. The smallest absolute Gasteiger partial charge is 0.422 e. The molecule has 2 aromatic rings. The zero-order chi connectivity index (χ0) is 19.7. The van der Waals surface area contributed by atoms with Crippen molar-refractivity contribution in [3.8, 4) is 11.6 Å². The predicted molar refractivity (Wildman–Crippen MR) is 94.0 cm³/mol. The topological polar surface area (TPSA) is 60.5 Å². The maximum atomic E-state index is 12.1. The average Bonchev–Trinajstić information content (AvgIpc) is 2.64. The number of hydrogen-bond donors (Lipinski definition) is 1. The third kappa shape index (κ3) is 7.98. The summed E-state index contributed by atoms with van der Waals surface area (Å²) in [6, 6.07) is 10.4. The lowest BCUT2D eigenvalue weighted by Crippen LogP contribution is -2.25. The van der Waals surface area contributed by atoms with E-state index in [9.17, 15) is 18.0 Å². The maximum absolute atomic E-state index is 12.1. The molecular formula is C19H21F3N2O3. The molecule has 0 bridgehead atoms. The highest BCUT2D eigenvalue weighted by Gasteiger charge is 2.28. The first kappa shape index (κ1) is 20.5. The molecule has 0 aliphatic carbocycles. The van der Waals surface area contributed by atoms with Crippen LogP contribution in [0.15, 0.2) is 42.6 Å². The van der Waals surface area contributed by atoms with Gasteiger partial charge in [0.1, 0.15) is 5.75 Å². The van der Waals surface area contributed by atoms with E-state index in [1.807, 2.05) is 31.2 Å². The molecule has 0 atom stereocenters. The third-order valence-corrected chi connectivity index (χ3v) is 3.53. The Labute approximate surface area is 155 Å². The first-order valence-corrected chi connectivity index (χ1v) is 8.47. The van der Waals surface area contributed by atoms with E-state index in [0.29, 0.717) is 13.2 Å². The minimum atomic E-state index is -4.43. The molecule has 0 aliphatic rings. The first-order chi connectivity index (χ1) is 12.8. The van der Waals surface area contributed by atoms with Gasteiger partial charge in [-0.2, -0.15) is 13.2 Å². The number of halogens is 3. The van der Waals surface area contributed by atoms with Crippen molar-refractivity contribution >= 4 is 5.91 Å². The molecule has 1 aromatic heterocycles. The lowest BCUT2D eigenvalue weighted by molar-refractivity contribution is -0.154. The predicted octanol–water partition coefficient (Wildman–Crippen LogP) is 3.92. The molecular weight excluding hydrogens is 361 g/mol. The fourth-order valence-corrected chi connectivity index (χ4v) is 2.11. The van der Waals surface area contributed by atoms with E-state index < -0.39 is 12.8 Å². The van der Waals surface area contributed by atoms with Crippen LogP contribution in [-0.2, 0) is 0 Å². The van der Waals surface area contributed by atoms with Gasteiger partial charge in [-0.1, -0.05) is 17.7 Å². The van der Waals surface area contributed by atoms with Crippen LogP contribution in [0.25, 0.3) is 0 Å². The number of hydrogen-bond acceptors (Lipinski definition) is 4. The summed E-state index contributed by atoms with van der Waals surface area (Å²) in [5, 5.41) is 2.73. The quantitative estimate of drug-likeness (QED) is 0.668. The molecule has 0 spiro atoms. The number of benzene rings is 1. The van der Waals surface area contributed by atoms with E-state index in [2.05, 4.69) is 15.0 Å². The Hall–Kier alpha value is -2.77. The molecule has 146 valence electrons. The normalized spacial score (nSPS) is 11.1. The standard InChI is InChI=1S/C19H21F3N2O3/c1-14-4-7-16(8-5-14)26-11-3-2-10-23-18(25)15-6-9-17(24-12-15)27-13-19(20,21)22/h4-9,12H,2-3,10-11,13H2,1H3,(H,23,25). The van der Waals surface area contributed by atoms with Crippen molar-refractivity contribution < 1.29 is 27.4 Å². The van der Waals surface area contributed by atoms with E-state index in [1.54, 1.807) is 0 Å². The molecule has 0 saturated carbocycles. The minimum Gasteiger partial charge on any atom is -0.494 e. The molecule has 0 aliphatic heterocycles. The number of alkyl halides is 3. The van der Waals surface area contributed by atoms with E-state index in [1.165, 1.54) is 23.9 Å². The van der Waals surface area contributed by atoms with E-state index in [-0.39, 0.29) is 17.4 Å². The van der Waals surface area contributed by atoms with Crippen LogP contribution in [0.1, 0.15) is 28.8 Å². The molecule has 1 amide bonds. The molecule has 2 rings (SSSR count). The third-order valence-electron chi connectivity index (χ3n) is 3.53. The maximum Gasteiger partial charge on any atom is 0.422 e. The van der Waals surface area contributed by atoms with Crippen LogP contribution >= 0.6 is 0 Å². The Kier molecular flexibility index (Phi) is 7.45. The number of carbonyl (C=O) groups excluding carboxylic acids is 1. The van der Waals surface area contributed by atoms with E-state index in [4.69, 9.17) is 4.74 Å². The number of pyridine rings is 1. The van der Waals surface area contributed by atoms with Crippen LogP contribution in [0.2, 0.25) is 0 Å². The number of amides is 1. The van der Waals surface area contributed by atoms with Gasteiger partial charge in [0.2, 0.25) is 5.88 Å². The molecule has 0 radical (unpaired) electrons. The van der Waals surface area contributed by atoms with Gasteiger partial charge in [-0.25, -0.2) is 4.98 Å². The van der Waals surface area contributed by atoms with Gasteiger partial charge in [0, 0.05) is 18.8 Å². The van der Waals surface area contributed by atoms with Crippen molar-refractivity contribution in [2.75, 3.05) is 19.8 Å². The van der Waals surface area contributed by atoms with Gasteiger partial charge in [0.05, 0.1) is 12.2 Å². The number of nitrogens with one attached hydrogen (secondary N) is 1. The summed E-state index contributed by atoms with van der Waals surface area (Å²) in [7, 11) is 0. The van der Waals surface area contributed by atoms with Gasteiger partial charge in [-0.15, -0.1) is 0 Å². The second-order valence-electron chi connectivity index (χ2n) is 5.91. The summed E-state index contributed by atoms with van der Waals surface area (Å²) in [5.74, 6) is 0.282. The van der Waals surface area contributed by atoms with Gasteiger partial charge in [0.15, 0.2) is 6.61 Å². The summed E-state index contributed by atoms with van der Waals surface area (Å²) in [6.07, 6.45) is -1.74. The molecule has 5 nitrogen and oxygen atoms in total. The molecule has 8 heteroatoms. The molecule has 1 N–H and O–H groups in total. The number of rotatable bonds is 9. The Morgan fingerprint density at radius 1 is 1.07 bits per heavy atom. The number of nitrogens with zero attached hydrogens (tertiary/aromatic N) is 1. The fraction of sp³-hybridized carbons (Fsp3) is 0.368. The van der Waals surface area contributed by atoms with Gasteiger partial charge in [0.25, 0.3) is 5.91 Å². The highest BCUT2D eigenvalue weighted by molar-refractivity contribution is 5.93. The molecule has 0 fully saturated rings. The Balaban J connectivity index is 1.63. The summed E-state index contributed by atoms with van der Waals surface area (Å²) in [5.41, 5.74) is 1.42. The van der Waals surface area contributed by atoms with Crippen molar-refractivity contribution in [3.05, 3.63) is 53.7 Å². The summed E-state index contributed by atoms with van der Waals surface area (Å²) < 4.78 is 46.3. The second kappa shape index (κ2) is 9.80. The highest BCUT2D eigenvalue weighted by atomic mass is 19.4. The highest BCUT2D eigenvalue weighted by Crippen LogP contribution is 2.17. The zero-order valence-corrected chi connectivity index (χ0v) is 14.9. The SMILES string of the molecule is Cc1ccc(OCCCCNC(=O)c2ccc(OCC(F)(F)F)nc2)cc1. The van der Waals surface area contributed by atoms with Gasteiger partial charge >= 0.3 is 6.18 Å². The molecule has 1 heterocycles. The molecule has 27 heavy (non-hydrogen) atoms. The number of aromatic nitrogens is 1. The van der Waals surface area contributed by atoms with Crippen LogP contribution in [0.5, 0.6) is 11.6 Å². The van der Waals surface area contributed by atoms with Crippen LogP contribution in [0, 0.1) is 6.92 Å². The molecule has 1 aromatic carbocycles. The Morgan fingerprint density at radius 3 is 2.44 bits per heavy atom. The second-order valence-corrected chi connectivity index (χ2v) is 5.91. The Bertz CT molecular complexity index is 716. The van der Waals surface area contributed by atoms with Crippen LogP contribution < -0.4 is 14.8 Å². The lowest BCUT2D eigenvalue weighted by Gasteiger charge is -2.09. The lowest BCUT2D eigenvalue weighted by atomic mass is 10.2. The Morgan fingerprint density at radius 2 is 1.81 bits per heavy atom. The van der Waals surface area contributed by atoms with Crippen molar-refractivity contribution in [2.45, 2.75) is 25.9 Å². The monoisotopic (exact) mass is 382 g/mol. The van der Waals surface area contributed by atoms with Gasteiger partial charge < -0.3 is 14.8 Å². The summed E-state index contributed by atoms with van der Waals surface area (Å²) >= 11 is 0. The minimum absolute atomic E-state index is 0.183. The van der Waals surface area contributed by atoms with Crippen LogP contribution in [0.4, 0.5) is 13.2 Å². The van der Waals surface area contributed by atoms with E-state index >= 15 is 0 Å². The number of carbonyl (C=O) groups is 1. The molecule has 0 unspecified atom stereocenters. The van der Waals surface area contributed by atoms with Crippen molar-refractivity contribution in [3.63, 3.8) is 0 Å². The number of aryl methyl sites for hydroxylation is 1. The average molecular weight is 382 g/mol. The summed E-state index contributed by atoms with van der Waals surface area (Å²) in [4.78, 5) is 15.7. The van der Waals surface area contributed by atoms with Gasteiger partial charge in [-0.3, -0.25) is 4.79 Å². The molecule has 0 saturated heterocycles. The van der Waals surface area contributed by atoms with E-state index in [0.717, 1.165) is 18.6 Å². The number of unbranched alkanes of at least 4 members (excludes halogenated alkanes) is 1. The van der Waals surface area contributed by atoms with Crippen LogP contribution in [0.3, 0.4) is 0 Å². The fourth-order valence-electron chi connectivity index (χ4n) is 2.11. The summed E-state index contributed by atoms with van der Waals surface area (Å²) in [6.45, 7) is 1.59. The van der Waals surface area contributed by atoms with Crippen molar-refractivity contribution in [1.29, 1.82) is 0 Å². The van der Waals surface area contributed by atoms with Crippen molar-refractivity contribution in [1.82, 2.24) is 10.3 Å². The zero-order valence-electron chi connectivity index (χ0n) is 14.9. The first-order valence-electron chi connectivity index (χ1n) is 8.47. The van der Waals surface area contributed by atoms with Gasteiger partial charge in [-0.05, 0) is 38.0 Å². The van der Waals surface area contributed by atoms with Crippen LogP contribution in [-0.4, -0.2) is 36.8 Å². The largest absolute Gasteiger partial charge is 0.494 e. The van der Waals surface area contributed by atoms with Crippen molar-refractivity contribution in [2.24, 2.45) is 0 Å².